The molecule has 2 aliphatic rings. The number of anilines is 2. The number of carbonyl (C=O) groups excluding carboxylic acids is 2. The van der Waals surface area contributed by atoms with Gasteiger partial charge in [0.25, 0.3) is 0 Å². The smallest absolute Gasteiger partial charge is 0.335 e. The van der Waals surface area contributed by atoms with E-state index in [-0.39, 0.29) is 28.8 Å². The van der Waals surface area contributed by atoms with Crippen LogP contribution in [0.3, 0.4) is 0 Å². The van der Waals surface area contributed by atoms with Crippen molar-refractivity contribution in [1.82, 2.24) is 10.2 Å². The fourth-order valence-corrected chi connectivity index (χ4v) is 7.38. The van der Waals surface area contributed by atoms with E-state index in [1.165, 1.54) is 46.6 Å². The fraction of sp³-hybridized carbons (Fsp3) is 0.231. The van der Waals surface area contributed by atoms with E-state index in [2.05, 4.69) is 21.6 Å². The van der Waals surface area contributed by atoms with Gasteiger partial charge in [0.2, 0.25) is 11.0 Å². The topological polar surface area (TPSA) is 162 Å². The van der Waals surface area contributed by atoms with Gasteiger partial charge >= 0.3 is 5.97 Å². The van der Waals surface area contributed by atoms with Gasteiger partial charge in [0.15, 0.2) is 10.1 Å². The zero-order chi connectivity index (χ0) is 27.7. The van der Waals surface area contributed by atoms with Crippen molar-refractivity contribution in [2.45, 2.75) is 36.4 Å². The van der Waals surface area contributed by atoms with Crippen molar-refractivity contribution in [1.29, 1.82) is 5.26 Å². The summed E-state index contributed by atoms with van der Waals surface area (Å²) in [6.07, 6.45) is 1.69. The van der Waals surface area contributed by atoms with Crippen LogP contribution in [0.2, 0.25) is 0 Å². The van der Waals surface area contributed by atoms with E-state index < -0.39 is 11.9 Å². The number of thioether (sulfide) groups is 1. The average molecular weight is 579 g/mol. The first-order valence-corrected chi connectivity index (χ1v) is 14.6. The number of nitrogens with two attached hydrogens (primary N) is 1. The second-order valence-electron chi connectivity index (χ2n) is 8.86. The molecular formula is C26H22N6O4S3. The van der Waals surface area contributed by atoms with Crippen LogP contribution in [0, 0.1) is 18.3 Å². The molecule has 198 valence electrons. The summed E-state index contributed by atoms with van der Waals surface area (Å²) in [5.74, 6) is -1.66. The van der Waals surface area contributed by atoms with E-state index in [0.717, 1.165) is 16.1 Å². The van der Waals surface area contributed by atoms with Crippen LogP contribution in [-0.4, -0.2) is 38.7 Å². The lowest BCUT2D eigenvalue weighted by atomic mass is 9.78. The summed E-state index contributed by atoms with van der Waals surface area (Å²) in [4.78, 5) is 39.4. The molecule has 13 heteroatoms. The zero-order valence-corrected chi connectivity index (χ0v) is 23.1. The molecule has 5 rings (SSSR count). The highest BCUT2D eigenvalue weighted by molar-refractivity contribution is 8.01. The van der Waals surface area contributed by atoms with Crippen LogP contribution >= 0.6 is 34.4 Å². The van der Waals surface area contributed by atoms with E-state index in [1.807, 2.05) is 18.4 Å². The van der Waals surface area contributed by atoms with Crippen molar-refractivity contribution in [3.8, 4) is 6.07 Å². The predicted octanol–water partition coefficient (Wildman–Crippen LogP) is 4.64. The Bertz CT molecular complexity index is 1600. The Morgan fingerprint density at radius 1 is 1.31 bits per heavy atom. The number of aryl methyl sites for hydroxylation is 1. The van der Waals surface area contributed by atoms with Gasteiger partial charge in [0, 0.05) is 28.3 Å². The van der Waals surface area contributed by atoms with Gasteiger partial charge in [-0.3, -0.25) is 14.5 Å². The highest BCUT2D eigenvalue weighted by Crippen LogP contribution is 2.48. The van der Waals surface area contributed by atoms with Crippen molar-refractivity contribution in [3.63, 3.8) is 0 Å². The first kappa shape index (κ1) is 26.6. The molecule has 0 bridgehead atoms. The Balaban J connectivity index is 1.39. The molecule has 1 unspecified atom stereocenters. The second kappa shape index (κ2) is 11.0. The molecule has 0 radical (unpaired) electrons. The van der Waals surface area contributed by atoms with E-state index in [1.54, 1.807) is 17.0 Å². The molecule has 0 saturated carbocycles. The summed E-state index contributed by atoms with van der Waals surface area (Å²) in [6.45, 7) is 1.96. The number of nitrogens with zero attached hydrogens (tertiary/aromatic N) is 4. The van der Waals surface area contributed by atoms with Crippen molar-refractivity contribution in [2.75, 3.05) is 16.0 Å². The van der Waals surface area contributed by atoms with Gasteiger partial charge in [-0.15, -0.1) is 21.5 Å². The Morgan fingerprint density at radius 3 is 2.85 bits per heavy atom. The number of nitriles is 1. The van der Waals surface area contributed by atoms with Crippen LogP contribution in [0.25, 0.3) is 0 Å². The number of aromatic carboxylic acids is 1. The van der Waals surface area contributed by atoms with E-state index >= 15 is 0 Å². The maximum atomic E-state index is 13.2. The quantitative estimate of drug-likeness (QED) is 0.337. The number of hydrogen-bond acceptors (Lipinski definition) is 11. The zero-order valence-electron chi connectivity index (χ0n) is 20.6. The normalized spacial score (nSPS) is 17.2. The van der Waals surface area contributed by atoms with Crippen molar-refractivity contribution in [2.24, 2.45) is 5.73 Å². The average Bonchev–Trinajstić information content (AvgIpc) is 3.56. The first-order valence-electron chi connectivity index (χ1n) is 11.9. The Morgan fingerprint density at radius 2 is 2.13 bits per heavy atom. The van der Waals surface area contributed by atoms with E-state index in [9.17, 15) is 19.6 Å². The van der Waals surface area contributed by atoms with E-state index in [0.29, 0.717) is 45.6 Å². The minimum Gasteiger partial charge on any atom is -0.478 e. The molecule has 4 N–H and O–H groups in total. The Hall–Kier alpha value is -3.99. The number of carboxylic acids is 1. The van der Waals surface area contributed by atoms with Gasteiger partial charge in [-0.2, -0.15) is 5.26 Å². The lowest BCUT2D eigenvalue weighted by Gasteiger charge is -2.37. The van der Waals surface area contributed by atoms with Gasteiger partial charge in [-0.1, -0.05) is 29.2 Å². The lowest BCUT2D eigenvalue weighted by molar-refractivity contribution is -0.116. The van der Waals surface area contributed by atoms with Crippen molar-refractivity contribution in [3.05, 3.63) is 74.4 Å². The van der Waals surface area contributed by atoms with Crippen molar-refractivity contribution >= 4 is 62.9 Å². The minimum absolute atomic E-state index is 0.00190. The molecule has 3 aromatic rings. The minimum atomic E-state index is -1.08. The van der Waals surface area contributed by atoms with Gasteiger partial charge in [-0.25, -0.2) is 4.79 Å². The highest BCUT2D eigenvalue weighted by atomic mass is 32.2. The number of carboxylic acid groups (broad SMARTS) is 1. The molecule has 1 aliphatic heterocycles. The number of amides is 1. The summed E-state index contributed by atoms with van der Waals surface area (Å²) >= 11 is 3.89. The maximum absolute atomic E-state index is 13.2. The number of ketones is 1. The number of allylic oxidation sites excluding steroid dienone is 3. The molecule has 1 atom stereocenters. The molecule has 0 spiro atoms. The third kappa shape index (κ3) is 5.18. The summed E-state index contributed by atoms with van der Waals surface area (Å²) in [7, 11) is 0. The SMILES string of the molecule is Cc1ccsc1C1C(C#N)=C(N)N(c2nnc(SCC(=O)Nc3cccc(C(=O)O)c3)s2)C2=C1C(=O)CCC2. The van der Waals surface area contributed by atoms with Crippen LogP contribution in [-0.2, 0) is 9.59 Å². The van der Waals surface area contributed by atoms with Crippen molar-refractivity contribution < 1.29 is 19.5 Å². The predicted molar refractivity (Wildman–Crippen MR) is 150 cm³/mol. The lowest BCUT2D eigenvalue weighted by Crippen LogP contribution is -2.38. The van der Waals surface area contributed by atoms with Crippen LogP contribution < -0.4 is 16.0 Å². The number of carbonyl (C=O) groups is 3. The third-order valence-corrected chi connectivity index (χ3v) is 9.51. The van der Waals surface area contributed by atoms with Crippen LogP contribution in [0.4, 0.5) is 10.8 Å². The number of benzene rings is 1. The molecule has 3 heterocycles. The number of aromatic nitrogens is 2. The molecular weight excluding hydrogens is 557 g/mol. The molecule has 1 aromatic carbocycles. The largest absolute Gasteiger partial charge is 0.478 e. The number of rotatable bonds is 7. The molecule has 1 amide bonds. The summed E-state index contributed by atoms with van der Waals surface area (Å²) < 4.78 is 0.506. The first-order chi connectivity index (χ1) is 18.8. The van der Waals surface area contributed by atoms with Gasteiger partial charge in [0.05, 0.1) is 28.9 Å². The molecule has 0 saturated heterocycles. The van der Waals surface area contributed by atoms with Crippen LogP contribution in [0.1, 0.15) is 46.0 Å². The number of thiophene rings is 1. The molecule has 10 nitrogen and oxygen atoms in total. The Labute approximate surface area is 235 Å². The standard InChI is InChI=1S/C26H22N6O4S3/c1-13-8-9-37-22(13)20-16(11-27)23(28)32(17-6-3-7-18(33)21(17)20)25-30-31-26(39-25)38-12-19(34)29-15-5-2-4-14(10-15)24(35)36/h2,4-5,8-10,20H,3,6-7,12,28H2,1H3,(H,29,34)(H,35,36). The van der Waals surface area contributed by atoms with Crippen LogP contribution in [0.5, 0.6) is 0 Å². The van der Waals surface area contributed by atoms with E-state index in [4.69, 9.17) is 10.8 Å². The molecule has 2 aromatic heterocycles. The summed E-state index contributed by atoms with van der Waals surface area (Å²) in [5, 5.41) is 32.8. The van der Waals surface area contributed by atoms with Crippen LogP contribution in [0.15, 0.2) is 62.7 Å². The molecule has 39 heavy (non-hydrogen) atoms. The summed E-state index contributed by atoms with van der Waals surface area (Å²) in [6, 6.07) is 10.2. The Kier molecular flexibility index (Phi) is 7.51. The summed E-state index contributed by atoms with van der Waals surface area (Å²) in [5.41, 5.74) is 9.68. The fourth-order valence-electron chi connectivity index (χ4n) is 4.65. The number of nitrogens with one attached hydrogen (secondary N) is 1. The third-order valence-electron chi connectivity index (χ3n) is 6.38. The monoisotopic (exact) mass is 578 g/mol. The molecule has 1 aliphatic carbocycles. The number of Topliss-reactive ketones (excluding diaryl/α,β-unsaturated/α-hetero) is 1. The highest BCUT2D eigenvalue weighted by Gasteiger charge is 2.42. The molecule has 0 fully saturated rings. The van der Waals surface area contributed by atoms with Gasteiger partial charge in [-0.05, 0) is 55.0 Å². The second-order valence-corrected chi connectivity index (χ2v) is 12.0. The van der Waals surface area contributed by atoms with Gasteiger partial charge < -0.3 is 16.2 Å². The maximum Gasteiger partial charge on any atom is 0.335 e. The number of hydrogen-bond donors (Lipinski definition) is 3. The van der Waals surface area contributed by atoms with Gasteiger partial charge in [0.1, 0.15) is 5.82 Å².